The van der Waals surface area contributed by atoms with Crippen molar-refractivity contribution in [2.45, 2.75) is 0 Å². The molecule has 0 radical (unpaired) electrons. The number of hydrogen-bond donors (Lipinski definition) is 0. The fourth-order valence-electron chi connectivity index (χ4n) is 1.08. The van der Waals surface area contributed by atoms with E-state index in [1.165, 1.54) is 11.0 Å². The zero-order valence-corrected chi connectivity index (χ0v) is 9.64. The minimum absolute atomic E-state index is 0.213. The second-order valence-corrected chi connectivity index (χ2v) is 3.83. The Bertz CT molecular complexity index is 423. The van der Waals surface area contributed by atoms with Crippen LogP contribution in [0, 0.1) is 12.3 Å². The van der Waals surface area contributed by atoms with Gasteiger partial charge in [-0.3, -0.25) is 4.79 Å². The average molecular weight is 242 g/mol. The van der Waals surface area contributed by atoms with E-state index in [0.717, 1.165) is 0 Å². The molecule has 0 saturated heterocycles. The molecule has 0 bridgehead atoms. The Kier molecular flexibility index (Phi) is 4.02. The topological polar surface area (TPSA) is 20.3 Å². The maximum atomic E-state index is 11.8. The van der Waals surface area contributed by atoms with Crippen LogP contribution in [0.25, 0.3) is 0 Å². The zero-order valence-electron chi connectivity index (χ0n) is 8.13. The number of terminal acetylenes is 1. The quantitative estimate of drug-likeness (QED) is 0.730. The van der Waals surface area contributed by atoms with Gasteiger partial charge < -0.3 is 4.90 Å². The summed E-state index contributed by atoms with van der Waals surface area (Å²) in [4.78, 5) is 13.2. The SMILES string of the molecule is C#CCN(C)C(=O)c1ccc(Cl)cc1Cl. The molecule has 0 aliphatic heterocycles. The molecule has 0 fully saturated rings. The first-order valence-corrected chi connectivity index (χ1v) is 4.96. The molecule has 0 heterocycles. The Morgan fingerprint density at radius 3 is 2.73 bits per heavy atom. The molecule has 0 N–H and O–H groups in total. The van der Waals surface area contributed by atoms with Gasteiger partial charge in [0.15, 0.2) is 0 Å². The van der Waals surface area contributed by atoms with E-state index >= 15 is 0 Å². The van der Waals surface area contributed by atoms with E-state index in [0.29, 0.717) is 15.6 Å². The predicted molar refractivity (Wildman–Crippen MR) is 62.3 cm³/mol. The number of hydrogen-bond acceptors (Lipinski definition) is 1. The summed E-state index contributed by atoms with van der Waals surface area (Å²) in [6.07, 6.45) is 5.11. The van der Waals surface area contributed by atoms with E-state index in [4.69, 9.17) is 29.6 Å². The highest BCUT2D eigenvalue weighted by molar-refractivity contribution is 6.36. The largest absolute Gasteiger partial charge is 0.331 e. The molecular formula is C11H9Cl2NO. The normalized spacial score (nSPS) is 9.47. The van der Waals surface area contributed by atoms with Gasteiger partial charge in [0.1, 0.15) is 0 Å². The zero-order chi connectivity index (χ0) is 11.4. The molecule has 0 aliphatic carbocycles. The van der Waals surface area contributed by atoms with Crippen molar-refractivity contribution in [3.63, 3.8) is 0 Å². The number of halogens is 2. The third-order valence-electron chi connectivity index (χ3n) is 1.84. The molecule has 0 atom stereocenters. The van der Waals surface area contributed by atoms with Crippen LogP contribution in [0.3, 0.4) is 0 Å². The number of benzene rings is 1. The molecule has 0 spiro atoms. The van der Waals surface area contributed by atoms with Crippen molar-refractivity contribution in [1.29, 1.82) is 0 Å². The van der Waals surface area contributed by atoms with Crippen molar-refractivity contribution < 1.29 is 4.79 Å². The number of rotatable bonds is 2. The van der Waals surface area contributed by atoms with Crippen molar-refractivity contribution in [1.82, 2.24) is 4.90 Å². The Hall–Kier alpha value is -1.17. The fourth-order valence-corrected chi connectivity index (χ4v) is 1.57. The molecule has 0 saturated carbocycles. The van der Waals surface area contributed by atoms with Gasteiger partial charge in [-0.05, 0) is 18.2 Å². The van der Waals surface area contributed by atoms with Crippen molar-refractivity contribution in [2.24, 2.45) is 0 Å². The first-order chi connectivity index (χ1) is 7.06. The summed E-state index contributed by atoms with van der Waals surface area (Å²) in [5.41, 5.74) is 0.402. The highest BCUT2D eigenvalue weighted by Crippen LogP contribution is 2.21. The second kappa shape index (κ2) is 5.06. The highest BCUT2D eigenvalue weighted by Gasteiger charge is 2.14. The van der Waals surface area contributed by atoms with Crippen LogP contribution in [-0.4, -0.2) is 24.4 Å². The van der Waals surface area contributed by atoms with Crippen molar-refractivity contribution in [3.8, 4) is 12.3 Å². The molecule has 0 aliphatic rings. The van der Waals surface area contributed by atoms with Gasteiger partial charge in [0.05, 0.1) is 17.1 Å². The summed E-state index contributed by atoms with van der Waals surface area (Å²) in [5.74, 6) is 2.17. The van der Waals surface area contributed by atoms with Gasteiger partial charge in [-0.15, -0.1) is 6.42 Å². The monoisotopic (exact) mass is 241 g/mol. The van der Waals surface area contributed by atoms with Crippen LogP contribution in [0.15, 0.2) is 18.2 Å². The first-order valence-electron chi connectivity index (χ1n) is 4.20. The minimum Gasteiger partial charge on any atom is -0.331 e. The van der Waals surface area contributed by atoms with Gasteiger partial charge in [0, 0.05) is 12.1 Å². The number of nitrogens with zero attached hydrogens (tertiary/aromatic N) is 1. The van der Waals surface area contributed by atoms with Crippen LogP contribution >= 0.6 is 23.2 Å². The van der Waals surface area contributed by atoms with E-state index in [1.54, 1.807) is 19.2 Å². The summed E-state index contributed by atoms with van der Waals surface area (Å²) >= 11 is 11.6. The Morgan fingerprint density at radius 1 is 1.53 bits per heavy atom. The lowest BCUT2D eigenvalue weighted by atomic mass is 10.2. The lowest BCUT2D eigenvalue weighted by molar-refractivity contribution is 0.0813. The summed E-state index contributed by atoms with van der Waals surface area (Å²) in [6.45, 7) is 0.248. The van der Waals surface area contributed by atoms with Crippen LogP contribution in [0.1, 0.15) is 10.4 Å². The molecule has 1 amide bonds. The van der Waals surface area contributed by atoms with Crippen LogP contribution in [0.5, 0.6) is 0 Å². The van der Waals surface area contributed by atoms with Crippen molar-refractivity contribution >= 4 is 29.1 Å². The van der Waals surface area contributed by atoms with E-state index in [1.807, 2.05) is 0 Å². The molecule has 2 nitrogen and oxygen atoms in total. The van der Waals surface area contributed by atoms with Crippen LogP contribution in [0.2, 0.25) is 10.0 Å². The number of amides is 1. The Balaban J connectivity index is 2.97. The second-order valence-electron chi connectivity index (χ2n) is 2.99. The minimum atomic E-state index is -0.213. The van der Waals surface area contributed by atoms with Crippen LogP contribution in [0.4, 0.5) is 0 Å². The van der Waals surface area contributed by atoms with E-state index in [9.17, 15) is 4.79 Å². The van der Waals surface area contributed by atoms with Gasteiger partial charge in [0.25, 0.3) is 5.91 Å². The van der Waals surface area contributed by atoms with Crippen molar-refractivity contribution in [2.75, 3.05) is 13.6 Å². The molecule has 1 aromatic carbocycles. The Morgan fingerprint density at radius 2 is 2.20 bits per heavy atom. The lowest BCUT2D eigenvalue weighted by Crippen LogP contribution is -2.27. The highest BCUT2D eigenvalue weighted by atomic mass is 35.5. The molecule has 0 unspecified atom stereocenters. The molecule has 1 rings (SSSR count). The standard InChI is InChI=1S/C11H9Cl2NO/c1-3-6-14(2)11(15)9-5-4-8(12)7-10(9)13/h1,4-5,7H,6H2,2H3. The smallest absolute Gasteiger partial charge is 0.255 e. The molecule has 4 heteroatoms. The molecule has 1 aromatic rings. The van der Waals surface area contributed by atoms with E-state index in [-0.39, 0.29) is 12.5 Å². The third-order valence-corrected chi connectivity index (χ3v) is 2.38. The summed E-state index contributed by atoms with van der Waals surface area (Å²) < 4.78 is 0. The maximum Gasteiger partial charge on any atom is 0.255 e. The van der Waals surface area contributed by atoms with Crippen LogP contribution < -0.4 is 0 Å². The van der Waals surface area contributed by atoms with E-state index < -0.39 is 0 Å². The van der Waals surface area contributed by atoms with Gasteiger partial charge in [-0.25, -0.2) is 0 Å². The first kappa shape index (κ1) is 11.9. The fraction of sp³-hybridized carbons (Fsp3) is 0.182. The predicted octanol–water partition coefficient (Wildman–Crippen LogP) is 2.70. The summed E-state index contributed by atoms with van der Waals surface area (Å²) in [6, 6.07) is 4.73. The van der Waals surface area contributed by atoms with Crippen molar-refractivity contribution in [3.05, 3.63) is 33.8 Å². The van der Waals surface area contributed by atoms with Gasteiger partial charge in [0.2, 0.25) is 0 Å². The molecule has 78 valence electrons. The maximum absolute atomic E-state index is 11.8. The molecule has 0 aromatic heterocycles. The van der Waals surface area contributed by atoms with Crippen LogP contribution in [-0.2, 0) is 0 Å². The van der Waals surface area contributed by atoms with Gasteiger partial charge in [-0.1, -0.05) is 29.1 Å². The number of carbonyl (C=O) groups is 1. The van der Waals surface area contributed by atoms with E-state index in [2.05, 4.69) is 5.92 Å². The lowest BCUT2D eigenvalue weighted by Gasteiger charge is -2.14. The summed E-state index contributed by atoms with van der Waals surface area (Å²) in [5, 5.41) is 0.826. The van der Waals surface area contributed by atoms with Gasteiger partial charge >= 0.3 is 0 Å². The van der Waals surface area contributed by atoms with Gasteiger partial charge in [-0.2, -0.15) is 0 Å². The average Bonchev–Trinajstić information content (AvgIpc) is 2.17. The third kappa shape index (κ3) is 2.89. The Labute approximate surface area is 98.8 Å². The molecular weight excluding hydrogens is 233 g/mol. The molecule has 15 heavy (non-hydrogen) atoms. The summed E-state index contributed by atoms with van der Waals surface area (Å²) in [7, 11) is 1.62. The number of carbonyl (C=O) groups excluding carboxylic acids is 1.